The molecule has 29 heavy (non-hydrogen) atoms. The number of amides is 1. The fourth-order valence-electron chi connectivity index (χ4n) is 2.35. The van der Waals surface area contributed by atoms with Gasteiger partial charge in [-0.2, -0.15) is 4.31 Å². The monoisotopic (exact) mass is 498 g/mol. The summed E-state index contributed by atoms with van der Waals surface area (Å²) in [5, 5.41) is 3.20. The molecule has 0 unspecified atom stereocenters. The number of anilines is 1. The SMILES string of the molecule is C=CCN(CC=C)S(=O)(=O)c1ccc(NC(=O)COc2ccc(Cl)cc2Br)cc1. The van der Waals surface area contributed by atoms with Gasteiger partial charge in [-0.05, 0) is 58.4 Å². The second-order valence-electron chi connectivity index (χ2n) is 5.84. The molecule has 0 aliphatic carbocycles. The van der Waals surface area contributed by atoms with E-state index >= 15 is 0 Å². The molecule has 0 aliphatic heterocycles. The van der Waals surface area contributed by atoms with Gasteiger partial charge in [-0.25, -0.2) is 8.42 Å². The summed E-state index contributed by atoms with van der Waals surface area (Å²) in [5.74, 6) is 0.0953. The molecule has 0 fully saturated rings. The maximum Gasteiger partial charge on any atom is 0.262 e. The summed E-state index contributed by atoms with van der Waals surface area (Å²) < 4.78 is 32.7. The molecule has 1 N–H and O–H groups in total. The lowest BCUT2D eigenvalue weighted by Crippen LogP contribution is -2.31. The Bertz CT molecular complexity index is 984. The van der Waals surface area contributed by atoms with Gasteiger partial charge in [0.2, 0.25) is 10.0 Å². The van der Waals surface area contributed by atoms with Crippen LogP contribution in [0.2, 0.25) is 5.02 Å². The van der Waals surface area contributed by atoms with Crippen molar-refractivity contribution in [1.82, 2.24) is 4.31 Å². The minimum Gasteiger partial charge on any atom is -0.483 e. The average Bonchev–Trinajstić information content (AvgIpc) is 2.67. The molecule has 0 aliphatic rings. The Morgan fingerprint density at radius 2 is 1.76 bits per heavy atom. The fraction of sp³-hybridized carbons (Fsp3) is 0.150. The summed E-state index contributed by atoms with van der Waals surface area (Å²) in [5.41, 5.74) is 0.451. The van der Waals surface area contributed by atoms with Gasteiger partial charge in [0, 0.05) is 23.8 Å². The van der Waals surface area contributed by atoms with Gasteiger partial charge in [-0.3, -0.25) is 4.79 Å². The highest BCUT2D eigenvalue weighted by molar-refractivity contribution is 9.10. The molecule has 9 heteroatoms. The van der Waals surface area contributed by atoms with Crippen molar-refractivity contribution in [2.75, 3.05) is 25.0 Å². The van der Waals surface area contributed by atoms with Crippen LogP contribution in [0.1, 0.15) is 0 Å². The van der Waals surface area contributed by atoms with Crippen molar-refractivity contribution in [1.29, 1.82) is 0 Å². The molecule has 2 rings (SSSR count). The number of hydrogen-bond donors (Lipinski definition) is 1. The first-order valence-corrected chi connectivity index (χ1v) is 11.1. The molecule has 154 valence electrons. The Kier molecular flexibility index (Phi) is 8.45. The van der Waals surface area contributed by atoms with Crippen LogP contribution >= 0.6 is 27.5 Å². The molecule has 0 atom stereocenters. The van der Waals surface area contributed by atoms with E-state index in [1.165, 1.54) is 40.7 Å². The van der Waals surface area contributed by atoms with Crippen LogP contribution < -0.4 is 10.1 Å². The third-order valence-corrected chi connectivity index (χ3v) is 6.39. The van der Waals surface area contributed by atoms with Crippen molar-refractivity contribution >= 4 is 49.1 Å². The predicted molar refractivity (Wildman–Crippen MR) is 119 cm³/mol. The maximum absolute atomic E-state index is 12.7. The van der Waals surface area contributed by atoms with Crippen LogP contribution in [-0.2, 0) is 14.8 Å². The first-order valence-electron chi connectivity index (χ1n) is 8.47. The van der Waals surface area contributed by atoms with E-state index in [0.717, 1.165) is 0 Å². The minimum atomic E-state index is -3.69. The number of benzene rings is 2. The largest absolute Gasteiger partial charge is 0.483 e. The number of sulfonamides is 1. The topological polar surface area (TPSA) is 75.7 Å². The van der Waals surface area contributed by atoms with Crippen molar-refractivity contribution in [2.45, 2.75) is 4.90 Å². The number of halogens is 2. The zero-order valence-electron chi connectivity index (χ0n) is 15.5. The first kappa shape index (κ1) is 23.2. The summed E-state index contributed by atoms with van der Waals surface area (Å²) in [7, 11) is -3.69. The van der Waals surface area contributed by atoms with Gasteiger partial charge in [-0.1, -0.05) is 23.8 Å². The van der Waals surface area contributed by atoms with E-state index in [4.69, 9.17) is 16.3 Å². The van der Waals surface area contributed by atoms with Gasteiger partial charge in [-0.15, -0.1) is 13.2 Å². The number of carbonyl (C=O) groups excluding carboxylic acids is 1. The average molecular weight is 500 g/mol. The molecule has 0 saturated carbocycles. The molecule has 6 nitrogen and oxygen atoms in total. The highest BCUT2D eigenvalue weighted by Gasteiger charge is 2.22. The Labute approximate surface area is 184 Å². The standard InChI is InChI=1S/C20H20BrClN2O4S/c1-3-11-24(12-4-2)29(26,27)17-8-6-16(7-9-17)23-20(25)14-28-19-10-5-15(22)13-18(19)21/h3-10,13H,1-2,11-12,14H2,(H,23,25). The molecular weight excluding hydrogens is 480 g/mol. The maximum atomic E-state index is 12.7. The quantitative estimate of drug-likeness (QED) is 0.489. The van der Waals surface area contributed by atoms with Crippen molar-refractivity contribution in [2.24, 2.45) is 0 Å². The van der Waals surface area contributed by atoms with Crippen LogP contribution in [0.15, 0.2) is 77.1 Å². The van der Waals surface area contributed by atoms with Gasteiger partial charge in [0.15, 0.2) is 6.61 Å². The minimum absolute atomic E-state index is 0.112. The third kappa shape index (κ3) is 6.43. The van der Waals surface area contributed by atoms with Gasteiger partial charge >= 0.3 is 0 Å². The number of hydrogen-bond acceptors (Lipinski definition) is 4. The lowest BCUT2D eigenvalue weighted by Gasteiger charge is -2.19. The Morgan fingerprint density at radius 3 is 2.31 bits per heavy atom. The van der Waals surface area contributed by atoms with Crippen LogP contribution in [0, 0.1) is 0 Å². The molecule has 0 radical (unpaired) electrons. The predicted octanol–water partition coefficient (Wildman–Crippen LogP) is 4.48. The molecule has 0 aromatic heterocycles. The summed E-state index contributed by atoms with van der Waals surface area (Å²) in [4.78, 5) is 12.2. The zero-order valence-corrected chi connectivity index (χ0v) is 18.6. The van der Waals surface area contributed by atoms with Crippen molar-refractivity contribution < 1.29 is 17.9 Å². The van der Waals surface area contributed by atoms with Gasteiger partial charge in [0.05, 0.1) is 9.37 Å². The van der Waals surface area contributed by atoms with Gasteiger partial charge < -0.3 is 10.1 Å². The van der Waals surface area contributed by atoms with Crippen LogP contribution in [0.25, 0.3) is 0 Å². The van der Waals surface area contributed by atoms with Crippen LogP contribution in [-0.4, -0.2) is 38.3 Å². The Hall–Kier alpha value is -2.13. The first-order chi connectivity index (χ1) is 13.8. The summed E-state index contributed by atoms with van der Waals surface area (Å²) in [6, 6.07) is 10.9. The highest BCUT2D eigenvalue weighted by atomic mass is 79.9. The van der Waals surface area contributed by atoms with E-state index in [-0.39, 0.29) is 30.5 Å². The molecule has 0 bridgehead atoms. The van der Waals surface area contributed by atoms with Crippen LogP contribution in [0.5, 0.6) is 5.75 Å². The Balaban J connectivity index is 2.01. The second kappa shape index (κ2) is 10.6. The fourth-order valence-corrected chi connectivity index (χ4v) is 4.53. The van der Waals surface area contributed by atoms with Gasteiger partial charge in [0.25, 0.3) is 5.91 Å². The molecule has 0 heterocycles. The molecule has 0 spiro atoms. The number of nitrogens with one attached hydrogen (secondary N) is 1. The van der Waals surface area contributed by atoms with Crippen LogP contribution in [0.4, 0.5) is 5.69 Å². The molecule has 2 aromatic rings. The number of carbonyl (C=O) groups is 1. The van der Waals surface area contributed by atoms with Crippen molar-refractivity contribution in [3.8, 4) is 5.75 Å². The number of ether oxygens (including phenoxy) is 1. The summed E-state index contributed by atoms with van der Waals surface area (Å²) in [6.07, 6.45) is 3.02. The Morgan fingerprint density at radius 1 is 1.14 bits per heavy atom. The van der Waals surface area contributed by atoms with Crippen molar-refractivity contribution in [3.05, 3.63) is 77.3 Å². The number of rotatable bonds is 10. The lowest BCUT2D eigenvalue weighted by molar-refractivity contribution is -0.118. The van der Waals surface area contributed by atoms with E-state index in [9.17, 15) is 13.2 Å². The smallest absolute Gasteiger partial charge is 0.262 e. The van der Waals surface area contributed by atoms with Gasteiger partial charge in [0.1, 0.15) is 5.75 Å². The third-order valence-electron chi connectivity index (χ3n) is 3.69. The molecule has 0 saturated heterocycles. The summed E-state index contributed by atoms with van der Waals surface area (Å²) in [6.45, 7) is 7.28. The zero-order chi connectivity index (χ0) is 21.4. The summed E-state index contributed by atoms with van der Waals surface area (Å²) >= 11 is 9.18. The molecule has 2 aromatic carbocycles. The number of nitrogens with zero attached hydrogens (tertiary/aromatic N) is 1. The van der Waals surface area contributed by atoms with E-state index < -0.39 is 10.0 Å². The molecular formula is C20H20BrClN2O4S. The highest BCUT2D eigenvalue weighted by Crippen LogP contribution is 2.28. The van der Waals surface area contributed by atoms with E-state index in [2.05, 4.69) is 34.4 Å². The van der Waals surface area contributed by atoms with E-state index in [1.54, 1.807) is 18.2 Å². The lowest BCUT2D eigenvalue weighted by atomic mass is 10.3. The normalized spacial score (nSPS) is 11.1. The van der Waals surface area contributed by atoms with Crippen LogP contribution in [0.3, 0.4) is 0 Å². The van der Waals surface area contributed by atoms with E-state index in [1.807, 2.05) is 0 Å². The second-order valence-corrected chi connectivity index (χ2v) is 9.06. The van der Waals surface area contributed by atoms with Crippen molar-refractivity contribution in [3.63, 3.8) is 0 Å². The van der Waals surface area contributed by atoms with E-state index in [0.29, 0.717) is 20.9 Å². The molecule has 1 amide bonds.